The van der Waals surface area contributed by atoms with E-state index >= 15 is 0 Å². The fraction of sp³-hybridized carbons (Fsp3) is 0.533. The minimum Gasteiger partial charge on any atom is -0.497 e. The molecule has 0 aliphatic heterocycles. The first-order valence-corrected chi connectivity index (χ1v) is 7.37. The van der Waals surface area contributed by atoms with Gasteiger partial charge in [0.05, 0.1) is 13.2 Å². The number of nitrogens with one attached hydrogen (secondary N) is 1. The van der Waals surface area contributed by atoms with Crippen LogP contribution in [-0.2, 0) is 13.0 Å². The molecule has 0 saturated carbocycles. The van der Waals surface area contributed by atoms with Gasteiger partial charge in [0.1, 0.15) is 5.75 Å². The normalized spacial score (nSPS) is 12.3. The van der Waals surface area contributed by atoms with Crippen LogP contribution in [0.4, 0.5) is 0 Å². The van der Waals surface area contributed by atoms with Gasteiger partial charge in [0.25, 0.3) is 0 Å². The molecule has 6 nitrogen and oxygen atoms in total. The Labute approximate surface area is 125 Å². The van der Waals surface area contributed by atoms with Crippen molar-refractivity contribution in [1.29, 1.82) is 0 Å². The highest BCUT2D eigenvalue weighted by molar-refractivity contribution is 5.27. The number of methoxy groups -OCH3 is 1. The van der Waals surface area contributed by atoms with Gasteiger partial charge in [-0.2, -0.15) is 0 Å². The van der Waals surface area contributed by atoms with Crippen molar-refractivity contribution in [3.8, 4) is 5.75 Å². The summed E-state index contributed by atoms with van der Waals surface area (Å²) in [6, 6.07) is 8.25. The first kappa shape index (κ1) is 15.4. The van der Waals surface area contributed by atoms with Crippen molar-refractivity contribution in [1.82, 2.24) is 25.5 Å². The van der Waals surface area contributed by atoms with E-state index in [1.807, 2.05) is 16.8 Å². The fourth-order valence-electron chi connectivity index (χ4n) is 2.16. The second-order valence-corrected chi connectivity index (χ2v) is 5.03. The molecule has 0 fully saturated rings. The first-order chi connectivity index (χ1) is 10.2. The molecule has 0 aliphatic carbocycles. The van der Waals surface area contributed by atoms with Gasteiger partial charge in [0.15, 0.2) is 5.82 Å². The summed E-state index contributed by atoms with van der Waals surface area (Å²) in [4.78, 5) is 0. The molecule has 2 aromatic rings. The van der Waals surface area contributed by atoms with Crippen molar-refractivity contribution in [3.05, 3.63) is 35.7 Å². The van der Waals surface area contributed by atoms with Crippen LogP contribution in [0.1, 0.15) is 37.7 Å². The Morgan fingerprint density at radius 2 is 2.05 bits per heavy atom. The zero-order valence-electron chi connectivity index (χ0n) is 12.9. The van der Waals surface area contributed by atoms with E-state index in [0.717, 1.165) is 37.5 Å². The quantitative estimate of drug-likeness (QED) is 0.805. The lowest BCUT2D eigenvalue weighted by Gasteiger charge is -2.12. The van der Waals surface area contributed by atoms with Crippen molar-refractivity contribution in [2.24, 2.45) is 0 Å². The largest absolute Gasteiger partial charge is 0.497 e. The van der Waals surface area contributed by atoms with E-state index < -0.39 is 0 Å². The monoisotopic (exact) mass is 289 g/mol. The van der Waals surface area contributed by atoms with Crippen molar-refractivity contribution in [2.45, 2.75) is 39.3 Å². The van der Waals surface area contributed by atoms with Crippen LogP contribution in [0.5, 0.6) is 5.75 Å². The molecule has 0 bridgehead atoms. The zero-order chi connectivity index (χ0) is 15.1. The number of rotatable bonds is 8. The smallest absolute Gasteiger partial charge is 0.167 e. The molecule has 21 heavy (non-hydrogen) atoms. The van der Waals surface area contributed by atoms with Gasteiger partial charge in [-0.1, -0.05) is 19.1 Å². The number of aromatic nitrogens is 4. The van der Waals surface area contributed by atoms with E-state index in [2.05, 4.69) is 46.8 Å². The Kier molecular flexibility index (Phi) is 5.68. The van der Waals surface area contributed by atoms with E-state index in [-0.39, 0.29) is 6.04 Å². The van der Waals surface area contributed by atoms with E-state index in [1.165, 1.54) is 5.56 Å². The van der Waals surface area contributed by atoms with Crippen LogP contribution >= 0.6 is 0 Å². The van der Waals surface area contributed by atoms with E-state index in [0.29, 0.717) is 0 Å². The molecule has 0 saturated heterocycles. The zero-order valence-corrected chi connectivity index (χ0v) is 12.9. The maximum absolute atomic E-state index is 5.16. The summed E-state index contributed by atoms with van der Waals surface area (Å²) < 4.78 is 7.03. The average Bonchev–Trinajstić information content (AvgIpc) is 2.99. The second kappa shape index (κ2) is 7.73. The molecule has 0 aliphatic rings. The predicted molar refractivity (Wildman–Crippen MR) is 81.2 cm³/mol. The third kappa shape index (κ3) is 4.26. The SMILES string of the molecule is CCCNC(C)c1nnnn1CCc1ccc(OC)cc1. The van der Waals surface area contributed by atoms with Crippen molar-refractivity contribution >= 4 is 0 Å². The summed E-state index contributed by atoms with van der Waals surface area (Å²) in [7, 11) is 1.67. The first-order valence-electron chi connectivity index (χ1n) is 7.37. The second-order valence-electron chi connectivity index (χ2n) is 5.03. The molecule has 0 amide bonds. The Bertz CT molecular complexity index is 537. The molecule has 2 rings (SSSR count). The van der Waals surface area contributed by atoms with Crippen molar-refractivity contribution in [2.75, 3.05) is 13.7 Å². The number of benzene rings is 1. The van der Waals surface area contributed by atoms with Crippen LogP contribution in [0.25, 0.3) is 0 Å². The highest BCUT2D eigenvalue weighted by Crippen LogP contribution is 2.13. The molecule has 1 aromatic heterocycles. The van der Waals surface area contributed by atoms with Gasteiger partial charge in [-0.25, -0.2) is 4.68 Å². The van der Waals surface area contributed by atoms with Crippen LogP contribution < -0.4 is 10.1 Å². The van der Waals surface area contributed by atoms with Gasteiger partial charge in [-0.15, -0.1) is 5.10 Å². The van der Waals surface area contributed by atoms with Crippen LogP contribution in [0, 0.1) is 0 Å². The van der Waals surface area contributed by atoms with Gasteiger partial charge >= 0.3 is 0 Å². The van der Waals surface area contributed by atoms with Gasteiger partial charge in [-0.3, -0.25) is 0 Å². The predicted octanol–water partition coefficient (Wildman–Crippen LogP) is 1.98. The van der Waals surface area contributed by atoms with E-state index in [4.69, 9.17) is 4.74 Å². The number of nitrogens with zero attached hydrogens (tertiary/aromatic N) is 4. The maximum atomic E-state index is 5.16. The molecule has 1 atom stereocenters. The molecule has 114 valence electrons. The summed E-state index contributed by atoms with van der Waals surface area (Å²) in [5, 5.41) is 15.4. The molecule has 1 aromatic carbocycles. The Morgan fingerprint density at radius 1 is 1.29 bits per heavy atom. The fourth-order valence-corrected chi connectivity index (χ4v) is 2.16. The lowest BCUT2D eigenvalue weighted by atomic mass is 10.1. The van der Waals surface area contributed by atoms with E-state index in [9.17, 15) is 0 Å². The molecular formula is C15H23N5O. The average molecular weight is 289 g/mol. The minimum absolute atomic E-state index is 0.163. The van der Waals surface area contributed by atoms with Gasteiger partial charge in [0.2, 0.25) is 0 Å². The molecule has 0 spiro atoms. The van der Waals surface area contributed by atoms with Crippen molar-refractivity contribution < 1.29 is 4.74 Å². The Balaban J connectivity index is 1.95. The molecule has 1 unspecified atom stereocenters. The third-order valence-electron chi connectivity index (χ3n) is 3.42. The summed E-state index contributed by atoms with van der Waals surface area (Å²) in [5.41, 5.74) is 1.24. The highest BCUT2D eigenvalue weighted by atomic mass is 16.5. The number of aryl methyl sites for hydroxylation is 2. The molecule has 0 radical (unpaired) electrons. The lowest BCUT2D eigenvalue weighted by Crippen LogP contribution is -2.23. The summed E-state index contributed by atoms with van der Waals surface area (Å²) >= 11 is 0. The van der Waals surface area contributed by atoms with Crippen LogP contribution in [0.15, 0.2) is 24.3 Å². The summed E-state index contributed by atoms with van der Waals surface area (Å²) in [5.74, 6) is 1.76. The molecule has 1 N–H and O–H groups in total. The van der Waals surface area contributed by atoms with Gasteiger partial charge < -0.3 is 10.1 Å². The van der Waals surface area contributed by atoms with Gasteiger partial charge in [-0.05, 0) is 54.4 Å². The number of ether oxygens (including phenoxy) is 1. The van der Waals surface area contributed by atoms with Crippen LogP contribution in [0.3, 0.4) is 0 Å². The third-order valence-corrected chi connectivity index (χ3v) is 3.42. The minimum atomic E-state index is 0.163. The Hall–Kier alpha value is -1.95. The van der Waals surface area contributed by atoms with Crippen molar-refractivity contribution in [3.63, 3.8) is 0 Å². The standard InChI is InChI=1S/C15H23N5O/c1-4-10-16-12(2)15-17-18-19-20(15)11-9-13-5-7-14(21-3)8-6-13/h5-8,12,16H,4,9-11H2,1-3H3. The lowest BCUT2D eigenvalue weighted by molar-refractivity contribution is 0.414. The van der Waals surface area contributed by atoms with E-state index in [1.54, 1.807) is 7.11 Å². The topological polar surface area (TPSA) is 64.9 Å². The number of tetrazole rings is 1. The van der Waals surface area contributed by atoms with Gasteiger partial charge in [0, 0.05) is 6.54 Å². The number of hydrogen-bond donors (Lipinski definition) is 1. The highest BCUT2D eigenvalue weighted by Gasteiger charge is 2.13. The summed E-state index contributed by atoms with van der Waals surface area (Å²) in [6.45, 7) is 5.97. The van der Waals surface area contributed by atoms with Crippen LogP contribution in [0.2, 0.25) is 0 Å². The molecular weight excluding hydrogens is 266 g/mol. The summed E-state index contributed by atoms with van der Waals surface area (Å²) in [6.07, 6.45) is 1.99. The molecule has 1 heterocycles. The maximum Gasteiger partial charge on any atom is 0.167 e. The molecule has 6 heteroatoms. The number of hydrogen-bond acceptors (Lipinski definition) is 5. The van der Waals surface area contributed by atoms with Crippen LogP contribution in [-0.4, -0.2) is 33.9 Å². The Morgan fingerprint density at radius 3 is 2.71 bits per heavy atom.